The summed E-state index contributed by atoms with van der Waals surface area (Å²) in [6, 6.07) is 0. The fourth-order valence-corrected chi connectivity index (χ4v) is 2.46. The second-order valence-electron chi connectivity index (χ2n) is 4.69. The Hall–Kier alpha value is -0.780. The van der Waals surface area contributed by atoms with E-state index in [1.807, 2.05) is 0 Å². The van der Waals surface area contributed by atoms with Gasteiger partial charge in [0, 0.05) is 0 Å². The quantitative estimate of drug-likeness (QED) is 0.577. The van der Waals surface area contributed by atoms with Gasteiger partial charge in [-0.15, -0.1) is 0 Å². The summed E-state index contributed by atoms with van der Waals surface area (Å²) in [7, 11) is 0. The largest absolute Gasteiger partial charge is 0.0807 e. The number of hydrogen-bond acceptors (Lipinski definition) is 0. The summed E-state index contributed by atoms with van der Waals surface area (Å²) in [6.07, 6.45) is 18.1. The van der Waals surface area contributed by atoms with E-state index in [2.05, 4.69) is 37.3 Å². The molecule has 0 aromatic rings. The lowest BCUT2D eigenvalue weighted by molar-refractivity contribution is 0.323. The van der Waals surface area contributed by atoms with Crippen LogP contribution in [0.1, 0.15) is 39.0 Å². The molecule has 0 N–H and O–H groups in total. The van der Waals surface area contributed by atoms with Crippen LogP contribution < -0.4 is 0 Å². The molecule has 0 bridgehead atoms. The third-order valence-electron chi connectivity index (χ3n) is 3.49. The first-order chi connectivity index (χ1) is 6.86. The molecule has 1 fully saturated rings. The van der Waals surface area contributed by atoms with Crippen molar-refractivity contribution in [1.82, 2.24) is 0 Å². The first kappa shape index (κ1) is 9.76. The molecular weight excluding hydrogens is 168 g/mol. The highest BCUT2D eigenvalue weighted by Crippen LogP contribution is 2.33. The van der Waals surface area contributed by atoms with E-state index in [-0.39, 0.29) is 0 Å². The van der Waals surface area contributed by atoms with Gasteiger partial charge in [-0.3, -0.25) is 0 Å². The highest BCUT2D eigenvalue weighted by Gasteiger charge is 2.19. The molecule has 2 aliphatic carbocycles. The third kappa shape index (κ3) is 2.37. The van der Waals surface area contributed by atoms with Crippen LogP contribution in [0.2, 0.25) is 0 Å². The minimum Gasteiger partial charge on any atom is -0.0807 e. The van der Waals surface area contributed by atoms with Gasteiger partial charge in [0.05, 0.1) is 0 Å². The predicted octanol–water partition coefficient (Wildman–Crippen LogP) is 4.26. The summed E-state index contributed by atoms with van der Waals surface area (Å²) < 4.78 is 0. The molecule has 0 aromatic carbocycles. The van der Waals surface area contributed by atoms with Crippen molar-refractivity contribution >= 4 is 0 Å². The Morgan fingerprint density at radius 2 is 1.86 bits per heavy atom. The Labute approximate surface area is 87.4 Å². The summed E-state index contributed by atoms with van der Waals surface area (Å²) in [5.74, 6) is 1.79. The molecule has 0 amide bonds. The average Bonchev–Trinajstić information content (AvgIpc) is 2.47. The van der Waals surface area contributed by atoms with Crippen molar-refractivity contribution in [3.8, 4) is 0 Å². The first-order valence-electron chi connectivity index (χ1n) is 5.89. The monoisotopic (exact) mass is 188 g/mol. The van der Waals surface area contributed by atoms with Gasteiger partial charge in [-0.1, -0.05) is 50.1 Å². The molecular formula is C14H20. The number of allylic oxidation sites excluding steroid dienone is 6. The van der Waals surface area contributed by atoms with Gasteiger partial charge < -0.3 is 0 Å². The number of rotatable bonds is 1. The van der Waals surface area contributed by atoms with Crippen LogP contribution in [0.4, 0.5) is 0 Å². The summed E-state index contributed by atoms with van der Waals surface area (Å²) in [4.78, 5) is 0. The lowest BCUT2D eigenvalue weighted by Crippen LogP contribution is -2.13. The van der Waals surface area contributed by atoms with Crippen LogP contribution >= 0.6 is 0 Å². The second kappa shape index (κ2) is 4.63. The van der Waals surface area contributed by atoms with Gasteiger partial charge in [0.2, 0.25) is 0 Å². The van der Waals surface area contributed by atoms with Gasteiger partial charge in [0.1, 0.15) is 0 Å². The van der Waals surface area contributed by atoms with Gasteiger partial charge in [0.15, 0.2) is 0 Å². The van der Waals surface area contributed by atoms with E-state index in [0.717, 1.165) is 18.3 Å². The van der Waals surface area contributed by atoms with E-state index in [1.165, 1.54) is 25.7 Å². The van der Waals surface area contributed by atoms with Crippen molar-refractivity contribution < 1.29 is 0 Å². The molecule has 1 saturated carbocycles. The van der Waals surface area contributed by atoms with Crippen LogP contribution in [-0.2, 0) is 0 Å². The Bertz CT molecular complexity index is 260. The van der Waals surface area contributed by atoms with Crippen LogP contribution in [0.3, 0.4) is 0 Å². The van der Waals surface area contributed by atoms with E-state index in [0.29, 0.717) is 0 Å². The molecule has 76 valence electrons. The summed E-state index contributed by atoms with van der Waals surface area (Å²) in [5.41, 5.74) is 1.56. The van der Waals surface area contributed by atoms with Crippen molar-refractivity contribution in [3.63, 3.8) is 0 Å². The Morgan fingerprint density at radius 3 is 2.64 bits per heavy atom. The van der Waals surface area contributed by atoms with Gasteiger partial charge in [-0.05, 0) is 36.7 Å². The van der Waals surface area contributed by atoms with Crippen LogP contribution in [0.15, 0.2) is 36.0 Å². The van der Waals surface area contributed by atoms with Crippen LogP contribution in [0, 0.1) is 11.8 Å². The van der Waals surface area contributed by atoms with Gasteiger partial charge in [-0.25, -0.2) is 0 Å². The highest BCUT2D eigenvalue weighted by atomic mass is 14.2. The molecule has 14 heavy (non-hydrogen) atoms. The third-order valence-corrected chi connectivity index (χ3v) is 3.49. The zero-order valence-electron chi connectivity index (χ0n) is 9.08. The van der Waals surface area contributed by atoms with E-state index in [4.69, 9.17) is 0 Å². The van der Waals surface area contributed by atoms with E-state index in [1.54, 1.807) is 5.57 Å². The van der Waals surface area contributed by atoms with Gasteiger partial charge >= 0.3 is 0 Å². The predicted molar refractivity (Wildman–Crippen MR) is 62.1 cm³/mol. The van der Waals surface area contributed by atoms with Gasteiger partial charge in [-0.2, -0.15) is 0 Å². The molecule has 0 spiro atoms. The van der Waals surface area contributed by atoms with Crippen molar-refractivity contribution in [2.75, 3.05) is 0 Å². The molecule has 0 nitrogen and oxygen atoms in total. The SMILES string of the molecule is CC1CCC(C2=CC=CCC=C2)CC1. The molecule has 0 heteroatoms. The standard InChI is InChI=1S/C14H20/c1-12-8-10-14(11-9-12)13-6-4-2-3-5-7-13/h2,4-7,12,14H,3,8-11H2,1H3. The Balaban J connectivity index is 2.00. The van der Waals surface area contributed by atoms with Crippen molar-refractivity contribution in [3.05, 3.63) is 36.0 Å². The fourth-order valence-electron chi connectivity index (χ4n) is 2.46. The topological polar surface area (TPSA) is 0 Å². The lowest BCUT2D eigenvalue weighted by Gasteiger charge is -2.26. The molecule has 0 radical (unpaired) electrons. The molecule has 0 unspecified atom stereocenters. The van der Waals surface area contributed by atoms with Gasteiger partial charge in [0.25, 0.3) is 0 Å². The second-order valence-corrected chi connectivity index (χ2v) is 4.69. The number of hydrogen-bond donors (Lipinski definition) is 0. The fraction of sp³-hybridized carbons (Fsp3) is 0.571. The van der Waals surface area contributed by atoms with Crippen LogP contribution in [0.25, 0.3) is 0 Å². The smallest absolute Gasteiger partial charge is 0.0162 e. The molecule has 0 aliphatic heterocycles. The van der Waals surface area contributed by atoms with E-state index < -0.39 is 0 Å². The average molecular weight is 188 g/mol. The van der Waals surface area contributed by atoms with E-state index in [9.17, 15) is 0 Å². The zero-order valence-corrected chi connectivity index (χ0v) is 9.08. The molecule has 0 heterocycles. The van der Waals surface area contributed by atoms with Crippen LogP contribution in [0.5, 0.6) is 0 Å². The summed E-state index contributed by atoms with van der Waals surface area (Å²) in [6.45, 7) is 2.38. The molecule has 0 atom stereocenters. The first-order valence-corrected chi connectivity index (χ1v) is 5.89. The molecule has 2 aliphatic rings. The zero-order chi connectivity index (χ0) is 9.80. The highest BCUT2D eigenvalue weighted by molar-refractivity contribution is 5.29. The summed E-state index contributed by atoms with van der Waals surface area (Å²) >= 11 is 0. The maximum Gasteiger partial charge on any atom is -0.0162 e. The Kier molecular flexibility index (Phi) is 3.23. The molecule has 2 rings (SSSR count). The Morgan fingerprint density at radius 1 is 1.07 bits per heavy atom. The molecule has 0 aromatic heterocycles. The summed E-state index contributed by atoms with van der Waals surface area (Å²) in [5, 5.41) is 0. The maximum absolute atomic E-state index is 2.38. The minimum atomic E-state index is 0.838. The lowest BCUT2D eigenvalue weighted by atomic mass is 9.79. The van der Waals surface area contributed by atoms with Crippen molar-refractivity contribution in [1.29, 1.82) is 0 Å². The maximum atomic E-state index is 2.38. The van der Waals surface area contributed by atoms with E-state index >= 15 is 0 Å². The van der Waals surface area contributed by atoms with Crippen molar-refractivity contribution in [2.45, 2.75) is 39.0 Å². The minimum absolute atomic E-state index is 0.838. The van der Waals surface area contributed by atoms with Crippen LogP contribution in [-0.4, -0.2) is 0 Å². The normalized spacial score (nSPS) is 32.5. The molecule has 0 saturated heterocycles. The van der Waals surface area contributed by atoms with Crippen molar-refractivity contribution in [2.24, 2.45) is 11.8 Å².